The average molecular weight is 344 g/mol. The van der Waals surface area contributed by atoms with E-state index in [0.717, 1.165) is 40.4 Å². The second-order valence-electron chi connectivity index (χ2n) is 4.80. The molecule has 1 unspecified atom stereocenters. The van der Waals surface area contributed by atoms with Crippen molar-refractivity contribution in [1.29, 1.82) is 0 Å². The van der Waals surface area contributed by atoms with Gasteiger partial charge in [0.15, 0.2) is 11.5 Å². The van der Waals surface area contributed by atoms with Gasteiger partial charge in [0.2, 0.25) is 0 Å². The summed E-state index contributed by atoms with van der Waals surface area (Å²) in [6.45, 7) is 4.52. The van der Waals surface area contributed by atoms with E-state index >= 15 is 0 Å². The number of hydrogen-bond donors (Lipinski definition) is 1. The topological polar surface area (TPSA) is 30.5 Å². The predicted molar refractivity (Wildman–Crippen MR) is 82.3 cm³/mol. The van der Waals surface area contributed by atoms with Crippen LogP contribution < -0.4 is 14.8 Å². The Hall–Kier alpha value is -0.390. The Morgan fingerprint density at radius 2 is 2.26 bits per heavy atom. The van der Waals surface area contributed by atoms with Crippen molar-refractivity contribution in [2.75, 3.05) is 25.5 Å². The summed E-state index contributed by atoms with van der Waals surface area (Å²) in [6, 6.07) is 2.41. The third kappa shape index (κ3) is 2.60. The van der Waals surface area contributed by atoms with E-state index in [9.17, 15) is 0 Å². The first-order chi connectivity index (χ1) is 9.31. The van der Waals surface area contributed by atoms with Crippen LogP contribution in [-0.4, -0.2) is 25.5 Å². The number of halogens is 1. The molecule has 3 nitrogen and oxygen atoms in total. The Morgan fingerprint density at radius 1 is 1.42 bits per heavy atom. The van der Waals surface area contributed by atoms with Gasteiger partial charge in [-0.1, -0.05) is 22.9 Å². The van der Waals surface area contributed by atoms with Crippen LogP contribution in [0.2, 0.25) is 0 Å². The molecule has 104 valence electrons. The molecule has 0 saturated heterocycles. The maximum Gasteiger partial charge on any atom is 0.166 e. The van der Waals surface area contributed by atoms with E-state index in [1.54, 1.807) is 0 Å². The first-order valence-electron chi connectivity index (χ1n) is 6.73. The molecule has 1 N–H and O–H groups in total. The molecule has 2 heterocycles. The number of fused-ring (bicyclic) bond motifs is 3. The van der Waals surface area contributed by atoms with Gasteiger partial charge in [-0.15, -0.1) is 0 Å². The van der Waals surface area contributed by atoms with Crippen molar-refractivity contribution >= 4 is 27.7 Å². The van der Waals surface area contributed by atoms with Crippen LogP contribution in [0.1, 0.15) is 30.5 Å². The summed E-state index contributed by atoms with van der Waals surface area (Å²) in [4.78, 5) is 0. The molecule has 0 radical (unpaired) electrons. The number of ether oxygens (including phenoxy) is 2. The highest BCUT2D eigenvalue weighted by molar-refractivity contribution is 9.10. The first kappa shape index (κ1) is 13.6. The molecule has 3 rings (SSSR count). The molecule has 0 aromatic heterocycles. The highest BCUT2D eigenvalue weighted by Crippen LogP contribution is 2.47. The zero-order valence-electron chi connectivity index (χ0n) is 11.0. The average Bonchev–Trinajstić information content (AvgIpc) is 2.45. The third-order valence-corrected chi connectivity index (χ3v) is 5.22. The van der Waals surface area contributed by atoms with E-state index in [0.29, 0.717) is 19.3 Å². The Morgan fingerprint density at radius 3 is 3.11 bits per heavy atom. The van der Waals surface area contributed by atoms with Gasteiger partial charge >= 0.3 is 0 Å². The fourth-order valence-electron chi connectivity index (χ4n) is 2.57. The van der Waals surface area contributed by atoms with Gasteiger partial charge in [0.1, 0.15) is 13.2 Å². The van der Waals surface area contributed by atoms with Gasteiger partial charge in [0, 0.05) is 27.6 Å². The molecule has 0 spiro atoms. The zero-order valence-corrected chi connectivity index (χ0v) is 13.4. The van der Waals surface area contributed by atoms with Gasteiger partial charge < -0.3 is 14.8 Å². The number of rotatable bonds is 3. The van der Waals surface area contributed by atoms with Crippen LogP contribution in [0.4, 0.5) is 0 Å². The minimum absolute atomic E-state index is 0.363. The van der Waals surface area contributed by atoms with Gasteiger partial charge in [0.25, 0.3) is 0 Å². The van der Waals surface area contributed by atoms with E-state index in [-0.39, 0.29) is 0 Å². The summed E-state index contributed by atoms with van der Waals surface area (Å²) in [7, 11) is 0. The molecule has 19 heavy (non-hydrogen) atoms. The fourth-order valence-corrected chi connectivity index (χ4v) is 4.48. The second-order valence-corrected chi connectivity index (χ2v) is 6.68. The summed E-state index contributed by atoms with van der Waals surface area (Å²) in [5.74, 6) is 3.97. The first-order valence-corrected chi connectivity index (χ1v) is 8.68. The van der Waals surface area contributed by atoms with E-state index in [4.69, 9.17) is 9.47 Å². The molecule has 0 fully saturated rings. The van der Waals surface area contributed by atoms with Crippen LogP contribution in [0, 0.1) is 0 Å². The molecule has 0 saturated carbocycles. The van der Waals surface area contributed by atoms with Crippen molar-refractivity contribution in [3.8, 4) is 11.5 Å². The molecule has 0 amide bonds. The van der Waals surface area contributed by atoms with Crippen molar-refractivity contribution in [3.05, 3.63) is 21.7 Å². The Labute approximate surface area is 126 Å². The Balaban J connectivity index is 2.04. The monoisotopic (exact) mass is 343 g/mol. The van der Waals surface area contributed by atoms with E-state index < -0.39 is 0 Å². The summed E-state index contributed by atoms with van der Waals surface area (Å²) >= 11 is 5.65. The van der Waals surface area contributed by atoms with Crippen molar-refractivity contribution in [2.24, 2.45) is 0 Å². The van der Waals surface area contributed by atoms with Crippen LogP contribution in [-0.2, 0) is 5.75 Å². The molecule has 1 aromatic carbocycles. The number of thioether (sulfide) groups is 1. The molecule has 5 heteroatoms. The normalized spacial score (nSPS) is 21.1. The van der Waals surface area contributed by atoms with Gasteiger partial charge in [-0.25, -0.2) is 0 Å². The quantitative estimate of drug-likeness (QED) is 0.909. The van der Waals surface area contributed by atoms with Gasteiger partial charge in [0.05, 0.1) is 0 Å². The van der Waals surface area contributed by atoms with Gasteiger partial charge in [-0.05, 0) is 24.6 Å². The largest absolute Gasteiger partial charge is 0.486 e. The summed E-state index contributed by atoms with van der Waals surface area (Å²) in [5.41, 5.74) is 2.66. The summed E-state index contributed by atoms with van der Waals surface area (Å²) < 4.78 is 12.8. The molecule has 0 aliphatic carbocycles. The van der Waals surface area contributed by atoms with Crippen molar-refractivity contribution < 1.29 is 9.47 Å². The third-order valence-electron chi connectivity index (χ3n) is 3.45. The lowest BCUT2D eigenvalue weighted by molar-refractivity contribution is 0.168. The van der Waals surface area contributed by atoms with E-state index in [1.165, 1.54) is 11.1 Å². The Kier molecular flexibility index (Phi) is 4.24. The van der Waals surface area contributed by atoms with Crippen molar-refractivity contribution in [2.45, 2.75) is 25.1 Å². The highest BCUT2D eigenvalue weighted by Gasteiger charge is 2.30. The van der Waals surface area contributed by atoms with Crippen LogP contribution in [0.5, 0.6) is 11.5 Å². The molecule has 0 bridgehead atoms. The number of nitrogens with one attached hydrogen (secondary N) is 1. The fraction of sp³-hybridized carbons (Fsp3) is 0.571. The highest BCUT2D eigenvalue weighted by atomic mass is 79.9. The van der Waals surface area contributed by atoms with Crippen LogP contribution in [0.25, 0.3) is 0 Å². The predicted octanol–water partition coefficient (Wildman–Crippen LogP) is 3.51. The Bertz CT molecular complexity index is 481. The minimum Gasteiger partial charge on any atom is -0.486 e. The lowest BCUT2D eigenvalue weighted by Crippen LogP contribution is -2.29. The molecular weight excluding hydrogens is 326 g/mol. The van der Waals surface area contributed by atoms with Crippen LogP contribution in [0.15, 0.2) is 10.5 Å². The van der Waals surface area contributed by atoms with Gasteiger partial charge in [-0.2, -0.15) is 11.8 Å². The minimum atomic E-state index is 0.363. The summed E-state index contributed by atoms with van der Waals surface area (Å²) in [5, 5.41) is 3.63. The summed E-state index contributed by atoms with van der Waals surface area (Å²) in [6.07, 6.45) is 1.14. The van der Waals surface area contributed by atoms with E-state index in [1.807, 2.05) is 11.8 Å². The van der Waals surface area contributed by atoms with Crippen LogP contribution >= 0.6 is 27.7 Å². The maximum absolute atomic E-state index is 5.89. The van der Waals surface area contributed by atoms with Crippen molar-refractivity contribution in [3.63, 3.8) is 0 Å². The van der Waals surface area contributed by atoms with Gasteiger partial charge in [-0.3, -0.25) is 0 Å². The molecule has 2 aliphatic heterocycles. The maximum atomic E-state index is 5.89. The molecule has 1 atom stereocenters. The lowest BCUT2D eigenvalue weighted by atomic mass is 9.99. The standard InChI is InChI=1S/C14H18BrNO2S/c1-2-3-16-11-8-19-7-9-10(15)6-12-14(13(9)11)18-5-4-17-12/h6,11,16H,2-5,7-8H2,1H3. The van der Waals surface area contributed by atoms with Crippen LogP contribution in [0.3, 0.4) is 0 Å². The van der Waals surface area contributed by atoms with E-state index in [2.05, 4.69) is 34.2 Å². The lowest BCUT2D eigenvalue weighted by Gasteiger charge is -2.32. The second kappa shape index (κ2) is 5.94. The molecule has 2 aliphatic rings. The number of benzene rings is 1. The smallest absolute Gasteiger partial charge is 0.166 e. The molecule has 1 aromatic rings. The number of hydrogen-bond acceptors (Lipinski definition) is 4. The molecular formula is C14H18BrNO2S. The zero-order chi connectivity index (χ0) is 13.2. The SMILES string of the molecule is CCCNC1CSCc2c(Br)cc3c(c21)OCCO3. The van der Waals surface area contributed by atoms with Crippen molar-refractivity contribution in [1.82, 2.24) is 5.32 Å².